The van der Waals surface area contributed by atoms with E-state index in [4.69, 9.17) is 0 Å². The molecular formula is C19H23N5O2S. The van der Waals surface area contributed by atoms with E-state index in [9.17, 15) is 9.59 Å². The minimum Gasteiger partial charge on any atom is -0.335 e. The van der Waals surface area contributed by atoms with Gasteiger partial charge in [-0.1, -0.05) is 17.4 Å². The Morgan fingerprint density at radius 2 is 1.85 bits per heavy atom. The van der Waals surface area contributed by atoms with Gasteiger partial charge in [0.05, 0.1) is 0 Å². The molecule has 7 nitrogen and oxygen atoms in total. The molecule has 2 fully saturated rings. The summed E-state index contributed by atoms with van der Waals surface area (Å²) in [7, 11) is 0. The van der Waals surface area contributed by atoms with Gasteiger partial charge in [-0.15, -0.1) is 10.2 Å². The Labute approximate surface area is 162 Å². The standard InChI is InChI=1S/C19H23N5O2S/c1-12-9-13(2)11-14(10-12)20-17(26)15-5-3-7-23(15)18-21-22-19(27-18)24-8-4-6-16(24)25/h9-11,15H,3-8H2,1-2H3,(H,20,26)/t15-/m0/s1. The van der Waals surface area contributed by atoms with Crippen molar-refractivity contribution in [2.45, 2.75) is 45.6 Å². The van der Waals surface area contributed by atoms with Crippen molar-refractivity contribution in [3.8, 4) is 0 Å². The highest BCUT2D eigenvalue weighted by atomic mass is 32.1. The fraction of sp³-hybridized carbons (Fsp3) is 0.474. The van der Waals surface area contributed by atoms with E-state index in [0.717, 1.165) is 42.6 Å². The highest BCUT2D eigenvalue weighted by Crippen LogP contribution is 2.34. The average Bonchev–Trinajstić information content (AvgIpc) is 3.33. The van der Waals surface area contributed by atoms with Crippen LogP contribution >= 0.6 is 11.3 Å². The Kier molecular flexibility index (Phi) is 4.82. The third-order valence-electron chi connectivity index (χ3n) is 5.00. The van der Waals surface area contributed by atoms with Crippen LogP contribution in [0.3, 0.4) is 0 Å². The van der Waals surface area contributed by atoms with Gasteiger partial charge in [-0.25, -0.2) is 0 Å². The van der Waals surface area contributed by atoms with Gasteiger partial charge in [-0.2, -0.15) is 0 Å². The maximum Gasteiger partial charge on any atom is 0.247 e. The van der Waals surface area contributed by atoms with Crippen molar-refractivity contribution in [2.24, 2.45) is 0 Å². The number of aromatic nitrogens is 2. The van der Waals surface area contributed by atoms with E-state index in [-0.39, 0.29) is 17.9 Å². The molecule has 8 heteroatoms. The number of anilines is 3. The van der Waals surface area contributed by atoms with E-state index in [1.165, 1.54) is 11.3 Å². The molecule has 27 heavy (non-hydrogen) atoms. The lowest BCUT2D eigenvalue weighted by Crippen LogP contribution is -2.39. The lowest BCUT2D eigenvalue weighted by molar-refractivity contribution is -0.117. The zero-order valence-corrected chi connectivity index (χ0v) is 16.4. The van der Waals surface area contributed by atoms with Crippen LogP contribution in [-0.2, 0) is 9.59 Å². The van der Waals surface area contributed by atoms with E-state index in [1.807, 2.05) is 30.9 Å². The Morgan fingerprint density at radius 1 is 1.11 bits per heavy atom. The molecular weight excluding hydrogens is 362 g/mol. The SMILES string of the molecule is Cc1cc(C)cc(NC(=O)[C@@H]2CCCN2c2nnc(N3CCCC3=O)s2)c1. The molecule has 0 bridgehead atoms. The van der Waals surface area contributed by atoms with E-state index in [1.54, 1.807) is 4.90 Å². The minimum atomic E-state index is -0.263. The molecule has 0 spiro atoms. The van der Waals surface area contributed by atoms with Gasteiger partial charge in [-0.3, -0.25) is 14.5 Å². The normalized spacial score (nSPS) is 19.8. The molecule has 0 aliphatic carbocycles. The number of amides is 2. The number of hydrogen-bond acceptors (Lipinski definition) is 6. The van der Waals surface area contributed by atoms with E-state index in [2.05, 4.69) is 21.6 Å². The number of hydrogen-bond donors (Lipinski definition) is 1. The zero-order chi connectivity index (χ0) is 19.0. The maximum absolute atomic E-state index is 12.9. The van der Waals surface area contributed by atoms with Crippen LogP contribution < -0.4 is 15.1 Å². The van der Waals surface area contributed by atoms with Crippen LogP contribution in [0.4, 0.5) is 16.0 Å². The Hall–Kier alpha value is -2.48. The van der Waals surface area contributed by atoms with Crippen molar-refractivity contribution in [1.29, 1.82) is 0 Å². The summed E-state index contributed by atoms with van der Waals surface area (Å²) in [6, 6.07) is 5.78. The third-order valence-corrected chi connectivity index (χ3v) is 5.98. The monoisotopic (exact) mass is 385 g/mol. The summed E-state index contributed by atoms with van der Waals surface area (Å²) >= 11 is 1.39. The number of rotatable bonds is 4. The third kappa shape index (κ3) is 3.66. The van der Waals surface area contributed by atoms with Crippen LogP contribution in [0.15, 0.2) is 18.2 Å². The second kappa shape index (κ2) is 7.26. The topological polar surface area (TPSA) is 78.4 Å². The van der Waals surface area contributed by atoms with Gasteiger partial charge >= 0.3 is 0 Å². The summed E-state index contributed by atoms with van der Waals surface area (Å²) in [5.74, 6) is 0.0785. The van der Waals surface area contributed by atoms with E-state index >= 15 is 0 Å². The predicted molar refractivity (Wildman–Crippen MR) is 106 cm³/mol. The molecule has 1 atom stereocenters. The molecule has 0 radical (unpaired) electrons. The van der Waals surface area contributed by atoms with Gasteiger partial charge in [0.25, 0.3) is 0 Å². The van der Waals surface area contributed by atoms with Crippen LogP contribution in [0.25, 0.3) is 0 Å². The molecule has 2 amide bonds. The van der Waals surface area contributed by atoms with Gasteiger partial charge in [0, 0.05) is 25.2 Å². The van der Waals surface area contributed by atoms with Crippen LogP contribution in [0, 0.1) is 13.8 Å². The fourth-order valence-electron chi connectivity index (χ4n) is 3.82. The van der Waals surface area contributed by atoms with E-state index in [0.29, 0.717) is 23.2 Å². The van der Waals surface area contributed by atoms with Gasteiger partial charge < -0.3 is 10.2 Å². The number of benzene rings is 1. The lowest BCUT2D eigenvalue weighted by Gasteiger charge is -2.23. The number of carbonyl (C=O) groups is 2. The molecule has 4 rings (SSSR count). The van der Waals surface area contributed by atoms with Crippen molar-refractivity contribution >= 4 is 39.1 Å². The Balaban J connectivity index is 1.49. The quantitative estimate of drug-likeness (QED) is 0.876. The molecule has 142 valence electrons. The summed E-state index contributed by atoms with van der Waals surface area (Å²) in [4.78, 5) is 28.5. The average molecular weight is 385 g/mol. The van der Waals surface area contributed by atoms with Gasteiger partial charge in [0.15, 0.2) is 0 Å². The molecule has 2 aliphatic rings. The first-order valence-electron chi connectivity index (χ1n) is 9.31. The summed E-state index contributed by atoms with van der Waals surface area (Å²) in [5.41, 5.74) is 3.07. The summed E-state index contributed by atoms with van der Waals surface area (Å²) < 4.78 is 0. The molecule has 3 heterocycles. The van der Waals surface area contributed by atoms with Crippen LogP contribution in [0.5, 0.6) is 0 Å². The van der Waals surface area contributed by atoms with Crippen molar-refractivity contribution in [3.63, 3.8) is 0 Å². The molecule has 1 aromatic heterocycles. The molecule has 0 saturated carbocycles. The second-order valence-corrected chi connectivity index (χ2v) is 8.17. The molecule has 0 unspecified atom stereocenters. The smallest absolute Gasteiger partial charge is 0.247 e. The number of nitrogens with one attached hydrogen (secondary N) is 1. The first-order valence-corrected chi connectivity index (χ1v) is 10.1. The number of carbonyl (C=O) groups excluding carboxylic acids is 2. The molecule has 1 N–H and O–H groups in total. The van der Waals surface area contributed by atoms with Crippen LogP contribution in [-0.4, -0.2) is 41.1 Å². The van der Waals surface area contributed by atoms with Crippen molar-refractivity contribution in [1.82, 2.24) is 10.2 Å². The molecule has 1 aromatic carbocycles. The second-order valence-electron chi connectivity index (χ2n) is 7.23. The fourth-order valence-corrected chi connectivity index (χ4v) is 4.79. The van der Waals surface area contributed by atoms with Gasteiger partial charge in [0.2, 0.25) is 22.1 Å². The summed E-state index contributed by atoms with van der Waals surface area (Å²) in [6.07, 6.45) is 3.15. The predicted octanol–water partition coefficient (Wildman–Crippen LogP) is 2.89. The summed E-state index contributed by atoms with van der Waals surface area (Å²) in [5, 5.41) is 12.8. The van der Waals surface area contributed by atoms with Crippen LogP contribution in [0.1, 0.15) is 36.8 Å². The van der Waals surface area contributed by atoms with Gasteiger partial charge in [0.1, 0.15) is 6.04 Å². The van der Waals surface area contributed by atoms with Gasteiger partial charge in [-0.05, 0) is 56.4 Å². The maximum atomic E-state index is 12.9. The molecule has 2 aliphatic heterocycles. The molecule has 2 aromatic rings. The largest absolute Gasteiger partial charge is 0.335 e. The van der Waals surface area contributed by atoms with Crippen molar-refractivity contribution in [3.05, 3.63) is 29.3 Å². The lowest BCUT2D eigenvalue weighted by atomic mass is 10.1. The van der Waals surface area contributed by atoms with Crippen LogP contribution in [0.2, 0.25) is 0 Å². The first kappa shape index (κ1) is 17.9. The van der Waals surface area contributed by atoms with Crippen molar-refractivity contribution in [2.75, 3.05) is 28.2 Å². The Bertz CT molecular complexity index is 860. The minimum absolute atomic E-state index is 0.0218. The Morgan fingerprint density at radius 3 is 2.56 bits per heavy atom. The first-order chi connectivity index (χ1) is 13.0. The molecule has 2 saturated heterocycles. The van der Waals surface area contributed by atoms with E-state index < -0.39 is 0 Å². The number of aryl methyl sites for hydroxylation is 2. The highest BCUT2D eigenvalue weighted by molar-refractivity contribution is 7.19. The summed E-state index contributed by atoms with van der Waals surface area (Å²) in [6.45, 7) is 5.51. The highest BCUT2D eigenvalue weighted by Gasteiger charge is 2.34. The van der Waals surface area contributed by atoms with Crippen molar-refractivity contribution < 1.29 is 9.59 Å². The zero-order valence-electron chi connectivity index (χ0n) is 15.6. The number of nitrogens with zero attached hydrogens (tertiary/aromatic N) is 4.